The van der Waals surface area contributed by atoms with Crippen LogP contribution < -0.4 is 11.2 Å². The predicted molar refractivity (Wildman–Crippen MR) is 77.4 cm³/mol. The van der Waals surface area contributed by atoms with Gasteiger partial charge in [0.1, 0.15) is 11.4 Å². The van der Waals surface area contributed by atoms with Gasteiger partial charge in [-0.2, -0.15) is 0 Å². The number of aliphatic imine (C=N–C) groups is 2. The zero-order chi connectivity index (χ0) is 14.9. The lowest BCUT2D eigenvalue weighted by Gasteiger charge is -2.07. The maximum absolute atomic E-state index is 11.8. The van der Waals surface area contributed by atoms with Crippen molar-refractivity contribution < 1.29 is 5.11 Å². The van der Waals surface area contributed by atoms with Crippen molar-refractivity contribution in [3.63, 3.8) is 0 Å². The fraction of sp³-hybridized carbons (Fsp3) is 0.231. The average Bonchev–Trinajstić information content (AvgIpc) is 2.68. The second-order valence-electron chi connectivity index (χ2n) is 4.28. The van der Waals surface area contributed by atoms with Gasteiger partial charge in [0.2, 0.25) is 5.88 Å². The highest BCUT2D eigenvalue weighted by Gasteiger charge is 2.15. The third kappa shape index (κ3) is 2.37. The summed E-state index contributed by atoms with van der Waals surface area (Å²) in [5.74, 6) is 0.155. The highest BCUT2D eigenvalue weighted by Crippen LogP contribution is 2.18. The zero-order valence-corrected chi connectivity index (χ0v) is 11.2. The van der Waals surface area contributed by atoms with Gasteiger partial charge in [-0.1, -0.05) is 6.08 Å². The van der Waals surface area contributed by atoms with E-state index in [1.54, 1.807) is 13.8 Å². The van der Waals surface area contributed by atoms with E-state index in [0.29, 0.717) is 17.2 Å². The second kappa shape index (κ2) is 5.12. The summed E-state index contributed by atoms with van der Waals surface area (Å²) in [5, 5.41) is 10.1. The number of allylic oxidation sites excluding steroid dienone is 2. The van der Waals surface area contributed by atoms with Gasteiger partial charge < -0.3 is 5.11 Å². The van der Waals surface area contributed by atoms with E-state index in [-0.39, 0.29) is 12.1 Å². The zero-order valence-electron chi connectivity index (χ0n) is 11.2. The van der Waals surface area contributed by atoms with E-state index in [0.717, 1.165) is 4.57 Å². The maximum Gasteiger partial charge on any atom is 0.331 e. The third-order valence-corrected chi connectivity index (χ3v) is 2.78. The molecule has 0 atom stereocenters. The summed E-state index contributed by atoms with van der Waals surface area (Å²) >= 11 is 0. The van der Waals surface area contributed by atoms with Crippen LogP contribution in [0.15, 0.2) is 37.9 Å². The van der Waals surface area contributed by atoms with Crippen molar-refractivity contribution in [1.29, 1.82) is 0 Å². The number of rotatable bonds is 3. The molecule has 0 aliphatic carbocycles. The number of H-pyrrole nitrogens is 1. The molecule has 0 radical (unpaired) electrons. The van der Waals surface area contributed by atoms with Crippen molar-refractivity contribution in [3.8, 4) is 5.88 Å². The van der Waals surface area contributed by atoms with Crippen LogP contribution in [-0.2, 0) is 6.54 Å². The highest BCUT2D eigenvalue weighted by molar-refractivity contribution is 6.13. The van der Waals surface area contributed by atoms with Gasteiger partial charge >= 0.3 is 5.69 Å². The van der Waals surface area contributed by atoms with E-state index >= 15 is 0 Å². The minimum atomic E-state index is -0.689. The van der Waals surface area contributed by atoms with E-state index in [9.17, 15) is 14.7 Å². The molecule has 0 unspecified atom stereocenters. The van der Waals surface area contributed by atoms with Crippen LogP contribution in [0, 0.1) is 0 Å². The lowest BCUT2D eigenvalue weighted by atomic mass is 10.2. The maximum atomic E-state index is 11.8. The molecular weight excluding hydrogens is 260 g/mol. The van der Waals surface area contributed by atoms with Crippen LogP contribution in [0.2, 0.25) is 0 Å². The fourth-order valence-electron chi connectivity index (χ4n) is 1.86. The lowest BCUT2D eigenvalue weighted by molar-refractivity contribution is 0.409. The summed E-state index contributed by atoms with van der Waals surface area (Å²) in [6, 6.07) is 0. The molecule has 104 valence electrons. The van der Waals surface area contributed by atoms with E-state index < -0.39 is 17.1 Å². The molecule has 1 aliphatic heterocycles. The highest BCUT2D eigenvalue weighted by atomic mass is 16.3. The Morgan fingerprint density at radius 2 is 2.05 bits per heavy atom. The first-order chi connectivity index (χ1) is 9.43. The molecule has 2 heterocycles. The summed E-state index contributed by atoms with van der Waals surface area (Å²) in [4.78, 5) is 33.8. The molecular formula is C13H14N4O3. The molecule has 1 aliphatic rings. The molecule has 0 saturated carbocycles. The first-order valence-electron chi connectivity index (χ1n) is 5.93. The smallest absolute Gasteiger partial charge is 0.331 e. The molecule has 0 bridgehead atoms. The van der Waals surface area contributed by atoms with Gasteiger partial charge in [-0.3, -0.25) is 14.3 Å². The first kappa shape index (κ1) is 13.7. The van der Waals surface area contributed by atoms with Crippen LogP contribution in [0.3, 0.4) is 0 Å². The quantitative estimate of drug-likeness (QED) is 0.792. The molecule has 7 nitrogen and oxygen atoms in total. The van der Waals surface area contributed by atoms with Gasteiger partial charge in [-0.05, 0) is 19.9 Å². The number of aromatic nitrogens is 2. The van der Waals surface area contributed by atoms with E-state index in [1.807, 2.05) is 0 Å². The summed E-state index contributed by atoms with van der Waals surface area (Å²) in [6.07, 6.45) is 2.85. The summed E-state index contributed by atoms with van der Waals surface area (Å²) in [5.41, 5.74) is -0.275. The van der Waals surface area contributed by atoms with E-state index in [2.05, 4.69) is 21.5 Å². The Hall–Kier alpha value is -2.70. The molecule has 0 aromatic carbocycles. The van der Waals surface area contributed by atoms with Gasteiger partial charge in [-0.15, -0.1) is 6.58 Å². The van der Waals surface area contributed by atoms with Gasteiger partial charge in [0, 0.05) is 6.54 Å². The Morgan fingerprint density at radius 3 is 2.60 bits per heavy atom. The molecule has 2 N–H and O–H groups in total. The monoisotopic (exact) mass is 274 g/mol. The number of amidine groups is 1. The first-order valence-corrected chi connectivity index (χ1v) is 5.93. The van der Waals surface area contributed by atoms with Gasteiger partial charge in [0.15, 0.2) is 0 Å². The average molecular weight is 274 g/mol. The summed E-state index contributed by atoms with van der Waals surface area (Å²) in [7, 11) is 0. The van der Waals surface area contributed by atoms with Crippen molar-refractivity contribution in [2.75, 3.05) is 0 Å². The fourth-order valence-corrected chi connectivity index (χ4v) is 1.86. The molecule has 0 amide bonds. The normalized spacial score (nSPS) is 16.2. The van der Waals surface area contributed by atoms with Crippen LogP contribution in [0.1, 0.15) is 19.4 Å². The Labute approximate surface area is 114 Å². The van der Waals surface area contributed by atoms with Crippen molar-refractivity contribution >= 4 is 17.6 Å². The molecule has 0 spiro atoms. The Kier molecular flexibility index (Phi) is 3.51. The summed E-state index contributed by atoms with van der Waals surface area (Å²) in [6.45, 7) is 7.06. The topological polar surface area (TPSA) is 99.8 Å². The number of aromatic hydroxyl groups is 1. The molecule has 20 heavy (non-hydrogen) atoms. The third-order valence-electron chi connectivity index (χ3n) is 2.78. The van der Waals surface area contributed by atoms with Crippen molar-refractivity contribution in [2.24, 2.45) is 9.98 Å². The minimum absolute atomic E-state index is 0.0329. The van der Waals surface area contributed by atoms with Crippen LogP contribution in [0.5, 0.6) is 5.88 Å². The number of nitrogens with zero attached hydrogens (tertiary/aromatic N) is 3. The lowest BCUT2D eigenvalue weighted by Crippen LogP contribution is -2.31. The van der Waals surface area contributed by atoms with E-state index in [4.69, 9.17) is 0 Å². The van der Waals surface area contributed by atoms with Gasteiger partial charge in [-0.25, -0.2) is 14.8 Å². The largest absolute Gasteiger partial charge is 0.494 e. The van der Waals surface area contributed by atoms with Gasteiger partial charge in [0.05, 0.1) is 11.4 Å². The van der Waals surface area contributed by atoms with Crippen molar-refractivity contribution in [2.45, 2.75) is 20.4 Å². The SMILES string of the molecule is C=CCn1c(O)c(C=C2N=C(C)N=C2C)c(=O)[nH]c1=O. The standard InChI is InChI=1S/C13H14N4O3/c1-4-5-17-12(19)9(11(18)16-13(17)20)6-10-7(2)14-8(3)15-10/h4,6,19H,1,5H2,2-3H3,(H,16,18,20). The van der Waals surface area contributed by atoms with Crippen LogP contribution in [-0.4, -0.2) is 26.2 Å². The van der Waals surface area contributed by atoms with Crippen molar-refractivity contribution in [3.05, 3.63) is 44.8 Å². The Morgan fingerprint density at radius 1 is 1.35 bits per heavy atom. The van der Waals surface area contributed by atoms with E-state index in [1.165, 1.54) is 12.2 Å². The molecule has 7 heteroatoms. The number of hydrogen-bond acceptors (Lipinski definition) is 5. The number of aromatic amines is 1. The molecule has 0 fully saturated rings. The molecule has 1 aromatic rings. The van der Waals surface area contributed by atoms with Crippen LogP contribution in [0.25, 0.3) is 6.08 Å². The Balaban J connectivity index is 2.65. The molecule has 2 rings (SSSR count). The number of nitrogens with one attached hydrogen (secondary N) is 1. The van der Waals surface area contributed by atoms with Crippen molar-refractivity contribution in [1.82, 2.24) is 9.55 Å². The predicted octanol–water partition coefficient (Wildman–Crippen LogP) is 0.662. The second-order valence-corrected chi connectivity index (χ2v) is 4.28. The van der Waals surface area contributed by atoms with Crippen LogP contribution in [0.4, 0.5) is 0 Å². The minimum Gasteiger partial charge on any atom is -0.494 e. The van der Waals surface area contributed by atoms with Crippen LogP contribution >= 0.6 is 0 Å². The molecule has 1 aromatic heterocycles. The Bertz CT molecular complexity index is 778. The molecule has 0 saturated heterocycles. The summed E-state index contributed by atoms with van der Waals surface area (Å²) < 4.78 is 1.01. The van der Waals surface area contributed by atoms with Gasteiger partial charge in [0.25, 0.3) is 5.56 Å². The number of hydrogen-bond donors (Lipinski definition) is 2.